The third kappa shape index (κ3) is 3.57. The van der Waals surface area contributed by atoms with Gasteiger partial charge in [-0.3, -0.25) is 4.79 Å². The summed E-state index contributed by atoms with van der Waals surface area (Å²) in [6, 6.07) is 7.62. The molecule has 20 heavy (non-hydrogen) atoms. The first-order chi connectivity index (χ1) is 9.70. The maximum Gasteiger partial charge on any atom is 0.222 e. The van der Waals surface area contributed by atoms with Crippen LogP contribution in [0.4, 0.5) is 11.8 Å². The first-order valence-electron chi connectivity index (χ1n) is 6.73. The zero-order valence-corrected chi connectivity index (χ0v) is 11.5. The molecule has 0 spiro atoms. The lowest BCUT2D eigenvalue weighted by Crippen LogP contribution is -2.26. The van der Waals surface area contributed by atoms with Crippen LogP contribution in [-0.2, 0) is 4.79 Å². The fourth-order valence-electron chi connectivity index (χ4n) is 1.88. The van der Waals surface area contributed by atoms with Crippen LogP contribution in [0.3, 0.4) is 0 Å². The number of nitrogen functional groups attached to an aromatic ring is 1. The van der Waals surface area contributed by atoms with E-state index in [2.05, 4.69) is 20.6 Å². The largest absolute Gasteiger partial charge is 0.369 e. The van der Waals surface area contributed by atoms with Gasteiger partial charge in [0.05, 0.1) is 5.52 Å². The predicted octanol–water partition coefficient (Wildman–Crippen LogP) is 1.54. The van der Waals surface area contributed by atoms with Crippen LogP contribution in [0.15, 0.2) is 24.3 Å². The molecule has 0 saturated heterocycles. The number of nitrogens with one attached hydrogen (secondary N) is 2. The van der Waals surface area contributed by atoms with Crippen molar-refractivity contribution in [2.24, 2.45) is 0 Å². The summed E-state index contributed by atoms with van der Waals surface area (Å²) in [5.41, 5.74) is 6.47. The standard InChI is InChI=1S/C14H19N5O/c1-2-8-16-12(20)7-9-17-13-10-5-3-4-6-11(10)18-14(15)19-13/h3-6H,2,7-9H2,1H3,(H,16,20)(H3,15,17,18,19). The number of carbonyl (C=O) groups excluding carboxylic acids is 1. The van der Waals surface area contributed by atoms with E-state index in [1.165, 1.54) is 0 Å². The van der Waals surface area contributed by atoms with Crippen molar-refractivity contribution >= 4 is 28.6 Å². The Labute approximate surface area is 117 Å². The van der Waals surface area contributed by atoms with E-state index < -0.39 is 0 Å². The Kier molecular flexibility index (Phi) is 4.70. The topological polar surface area (TPSA) is 92.9 Å². The number of carbonyl (C=O) groups is 1. The number of fused-ring (bicyclic) bond motifs is 1. The van der Waals surface area contributed by atoms with Gasteiger partial charge >= 0.3 is 0 Å². The Bertz CT molecular complexity index is 599. The van der Waals surface area contributed by atoms with Crippen molar-refractivity contribution in [1.82, 2.24) is 15.3 Å². The summed E-state index contributed by atoms with van der Waals surface area (Å²) in [7, 11) is 0. The molecule has 1 aromatic heterocycles. The number of hydrogen-bond acceptors (Lipinski definition) is 5. The van der Waals surface area contributed by atoms with Crippen LogP contribution in [0.5, 0.6) is 0 Å². The number of aromatic nitrogens is 2. The fourth-order valence-corrected chi connectivity index (χ4v) is 1.88. The quantitative estimate of drug-likeness (QED) is 0.742. The number of nitrogens with zero attached hydrogens (tertiary/aromatic N) is 2. The first kappa shape index (κ1) is 14.0. The summed E-state index contributed by atoms with van der Waals surface area (Å²) < 4.78 is 0. The number of benzene rings is 1. The van der Waals surface area contributed by atoms with Gasteiger partial charge in [-0.25, -0.2) is 4.98 Å². The number of amides is 1. The molecule has 2 rings (SSSR count). The van der Waals surface area contributed by atoms with Crippen LogP contribution in [0.1, 0.15) is 19.8 Å². The van der Waals surface area contributed by atoms with Gasteiger partial charge in [0.2, 0.25) is 11.9 Å². The van der Waals surface area contributed by atoms with Gasteiger partial charge in [-0.2, -0.15) is 4.98 Å². The summed E-state index contributed by atoms with van der Waals surface area (Å²) in [5, 5.41) is 6.87. The average molecular weight is 273 g/mol. The van der Waals surface area contributed by atoms with Gasteiger partial charge in [-0.15, -0.1) is 0 Å². The average Bonchev–Trinajstić information content (AvgIpc) is 2.45. The maximum absolute atomic E-state index is 11.5. The van der Waals surface area contributed by atoms with Crippen molar-refractivity contribution in [2.75, 3.05) is 24.1 Å². The third-order valence-corrected chi connectivity index (χ3v) is 2.84. The number of rotatable bonds is 6. The number of hydrogen-bond donors (Lipinski definition) is 3. The molecule has 0 unspecified atom stereocenters. The van der Waals surface area contributed by atoms with Crippen LogP contribution < -0.4 is 16.4 Å². The zero-order chi connectivity index (χ0) is 14.4. The molecule has 0 aliphatic heterocycles. The molecular formula is C14H19N5O. The van der Waals surface area contributed by atoms with E-state index in [1.54, 1.807) is 0 Å². The Hall–Kier alpha value is -2.37. The molecular weight excluding hydrogens is 254 g/mol. The minimum atomic E-state index is 0.0330. The van der Waals surface area contributed by atoms with Crippen molar-refractivity contribution in [2.45, 2.75) is 19.8 Å². The highest BCUT2D eigenvalue weighted by Crippen LogP contribution is 2.20. The molecule has 1 amide bonds. The molecule has 0 aliphatic carbocycles. The van der Waals surface area contributed by atoms with E-state index in [4.69, 9.17) is 5.73 Å². The predicted molar refractivity (Wildman–Crippen MR) is 80.4 cm³/mol. The van der Waals surface area contributed by atoms with Gasteiger partial charge in [-0.1, -0.05) is 19.1 Å². The van der Waals surface area contributed by atoms with Crippen molar-refractivity contribution in [3.63, 3.8) is 0 Å². The van der Waals surface area contributed by atoms with Gasteiger partial charge in [-0.05, 0) is 18.6 Å². The molecule has 0 fully saturated rings. The highest BCUT2D eigenvalue weighted by molar-refractivity contribution is 5.90. The van der Waals surface area contributed by atoms with Crippen LogP contribution in [0.2, 0.25) is 0 Å². The fraction of sp³-hybridized carbons (Fsp3) is 0.357. The summed E-state index contributed by atoms with van der Waals surface area (Å²) >= 11 is 0. The molecule has 106 valence electrons. The van der Waals surface area contributed by atoms with E-state index in [-0.39, 0.29) is 11.9 Å². The second kappa shape index (κ2) is 6.70. The summed E-state index contributed by atoms with van der Waals surface area (Å²) in [5.74, 6) is 0.920. The molecule has 2 aromatic rings. The monoisotopic (exact) mass is 273 g/mol. The lowest BCUT2D eigenvalue weighted by molar-refractivity contribution is -0.120. The van der Waals surface area contributed by atoms with E-state index in [0.29, 0.717) is 25.3 Å². The summed E-state index contributed by atoms with van der Waals surface area (Å²) in [6.07, 6.45) is 1.34. The van der Waals surface area contributed by atoms with Gasteiger partial charge in [0.25, 0.3) is 0 Å². The molecule has 0 atom stereocenters. The molecule has 0 radical (unpaired) electrons. The van der Waals surface area contributed by atoms with Crippen LogP contribution in [0.25, 0.3) is 10.9 Å². The molecule has 1 heterocycles. The van der Waals surface area contributed by atoms with E-state index >= 15 is 0 Å². The van der Waals surface area contributed by atoms with Crippen LogP contribution in [-0.4, -0.2) is 29.0 Å². The van der Waals surface area contributed by atoms with Gasteiger partial charge < -0.3 is 16.4 Å². The molecule has 0 aliphatic rings. The van der Waals surface area contributed by atoms with Crippen molar-refractivity contribution in [1.29, 1.82) is 0 Å². The van der Waals surface area contributed by atoms with Crippen LogP contribution >= 0.6 is 0 Å². The molecule has 6 heteroatoms. The minimum Gasteiger partial charge on any atom is -0.369 e. The lowest BCUT2D eigenvalue weighted by atomic mass is 10.2. The van der Waals surface area contributed by atoms with Crippen molar-refractivity contribution in [3.05, 3.63) is 24.3 Å². The van der Waals surface area contributed by atoms with E-state index in [1.807, 2.05) is 31.2 Å². The molecule has 1 aromatic carbocycles. The molecule has 4 N–H and O–H groups in total. The third-order valence-electron chi connectivity index (χ3n) is 2.84. The highest BCUT2D eigenvalue weighted by atomic mass is 16.1. The SMILES string of the molecule is CCCNC(=O)CCNc1nc(N)nc2ccccc12. The van der Waals surface area contributed by atoms with Gasteiger partial charge in [0.1, 0.15) is 5.82 Å². The smallest absolute Gasteiger partial charge is 0.222 e. The second-order valence-electron chi connectivity index (χ2n) is 4.47. The van der Waals surface area contributed by atoms with Crippen molar-refractivity contribution in [3.8, 4) is 0 Å². The Balaban J connectivity index is 2.01. The molecule has 0 bridgehead atoms. The Morgan fingerprint density at radius 2 is 2.05 bits per heavy atom. The summed E-state index contributed by atoms with van der Waals surface area (Å²) in [6.45, 7) is 3.24. The Morgan fingerprint density at radius 1 is 1.25 bits per heavy atom. The Morgan fingerprint density at radius 3 is 2.85 bits per heavy atom. The second-order valence-corrected chi connectivity index (χ2v) is 4.47. The number of nitrogens with two attached hydrogens (primary N) is 1. The normalized spacial score (nSPS) is 10.4. The number of anilines is 2. The van der Waals surface area contributed by atoms with E-state index in [9.17, 15) is 4.79 Å². The zero-order valence-electron chi connectivity index (χ0n) is 11.5. The minimum absolute atomic E-state index is 0.0330. The van der Waals surface area contributed by atoms with Gasteiger partial charge in [0, 0.05) is 24.9 Å². The summed E-state index contributed by atoms with van der Waals surface area (Å²) in [4.78, 5) is 19.9. The van der Waals surface area contributed by atoms with Gasteiger partial charge in [0.15, 0.2) is 0 Å². The maximum atomic E-state index is 11.5. The first-order valence-corrected chi connectivity index (χ1v) is 6.73. The molecule has 0 saturated carbocycles. The molecule has 6 nitrogen and oxygen atoms in total. The highest BCUT2D eigenvalue weighted by Gasteiger charge is 2.06. The van der Waals surface area contributed by atoms with Crippen LogP contribution in [0, 0.1) is 0 Å². The lowest BCUT2D eigenvalue weighted by Gasteiger charge is -2.09. The number of para-hydroxylation sites is 1. The van der Waals surface area contributed by atoms with Crippen molar-refractivity contribution < 1.29 is 4.79 Å². The van der Waals surface area contributed by atoms with E-state index in [0.717, 1.165) is 17.3 Å².